The maximum Gasteiger partial charge on any atom is 0.273 e. The number of carbonyl (C=O) groups is 1. The Morgan fingerprint density at radius 3 is 2.81 bits per heavy atom. The molecule has 0 bridgehead atoms. The first kappa shape index (κ1) is 14.0. The first-order chi connectivity index (χ1) is 9.99. The van der Waals surface area contributed by atoms with Gasteiger partial charge < -0.3 is 10.6 Å². The molecule has 1 saturated carbocycles. The minimum absolute atomic E-state index is 0.00283. The van der Waals surface area contributed by atoms with Crippen molar-refractivity contribution in [2.75, 3.05) is 13.1 Å². The molecule has 1 aliphatic carbocycles. The minimum atomic E-state index is -0.444. The molecular formula is C15H19N3O3. The van der Waals surface area contributed by atoms with Gasteiger partial charge in [0, 0.05) is 36.3 Å². The highest BCUT2D eigenvalue weighted by atomic mass is 16.6. The predicted octanol–water partition coefficient (Wildman–Crippen LogP) is 1.71. The quantitative estimate of drug-likeness (QED) is 0.663. The Morgan fingerprint density at radius 2 is 2.14 bits per heavy atom. The molecule has 0 spiro atoms. The first-order valence-electron chi connectivity index (χ1n) is 7.28. The number of fused-ring (bicyclic) bond motifs is 1. The lowest BCUT2D eigenvalue weighted by molar-refractivity contribution is -0.385. The van der Waals surface area contributed by atoms with E-state index in [-0.39, 0.29) is 17.6 Å². The van der Waals surface area contributed by atoms with Crippen LogP contribution in [0.3, 0.4) is 0 Å². The number of amides is 1. The van der Waals surface area contributed by atoms with E-state index in [9.17, 15) is 14.9 Å². The van der Waals surface area contributed by atoms with Crippen molar-refractivity contribution in [3.05, 3.63) is 39.4 Å². The molecule has 3 unspecified atom stereocenters. The molecular weight excluding hydrogens is 270 g/mol. The van der Waals surface area contributed by atoms with Gasteiger partial charge in [-0.05, 0) is 37.7 Å². The Kier molecular flexibility index (Phi) is 3.41. The minimum Gasteiger partial charge on any atom is -0.338 e. The van der Waals surface area contributed by atoms with Crippen LogP contribution in [-0.2, 0) is 0 Å². The molecule has 2 aliphatic rings. The summed E-state index contributed by atoms with van der Waals surface area (Å²) in [6.07, 6.45) is 2.11. The molecule has 1 heterocycles. The summed E-state index contributed by atoms with van der Waals surface area (Å²) in [5.41, 5.74) is 6.95. The van der Waals surface area contributed by atoms with Crippen LogP contribution in [0.1, 0.15) is 28.8 Å². The zero-order valence-electron chi connectivity index (χ0n) is 12.0. The van der Waals surface area contributed by atoms with E-state index < -0.39 is 4.92 Å². The third-order valence-electron chi connectivity index (χ3n) is 4.93. The molecule has 3 atom stereocenters. The summed E-state index contributed by atoms with van der Waals surface area (Å²) >= 11 is 0. The molecule has 1 aliphatic heterocycles. The Hall–Kier alpha value is -1.95. The molecule has 112 valence electrons. The second-order valence-corrected chi connectivity index (χ2v) is 6.08. The molecule has 2 N–H and O–H groups in total. The van der Waals surface area contributed by atoms with E-state index >= 15 is 0 Å². The van der Waals surface area contributed by atoms with Gasteiger partial charge in [0.15, 0.2) is 0 Å². The van der Waals surface area contributed by atoms with E-state index in [1.165, 1.54) is 6.07 Å². The molecule has 0 radical (unpaired) electrons. The molecule has 0 aromatic heterocycles. The molecule has 1 saturated heterocycles. The van der Waals surface area contributed by atoms with Crippen LogP contribution < -0.4 is 5.73 Å². The van der Waals surface area contributed by atoms with E-state index in [1.807, 2.05) is 0 Å². The van der Waals surface area contributed by atoms with Crippen LogP contribution in [0.15, 0.2) is 18.2 Å². The van der Waals surface area contributed by atoms with Crippen molar-refractivity contribution in [1.82, 2.24) is 4.90 Å². The summed E-state index contributed by atoms with van der Waals surface area (Å²) < 4.78 is 0. The molecule has 2 fully saturated rings. The van der Waals surface area contributed by atoms with Crippen LogP contribution >= 0.6 is 0 Å². The van der Waals surface area contributed by atoms with Crippen molar-refractivity contribution in [1.29, 1.82) is 0 Å². The smallest absolute Gasteiger partial charge is 0.273 e. The maximum absolute atomic E-state index is 12.6. The number of carbonyl (C=O) groups excluding carboxylic acids is 1. The SMILES string of the molecule is Cc1c(C(=O)N2CC3CCC(N)C3C2)cccc1[N+](=O)[O-]. The maximum atomic E-state index is 12.6. The number of benzene rings is 1. The summed E-state index contributed by atoms with van der Waals surface area (Å²) in [5.74, 6) is 0.758. The average Bonchev–Trinajstić information content (AvgIpc) is 3.01. The van der Waals surface area contributed by atoms with Crippen LogP contribution in [-0.4, -0.2) is 34.9 Å². The summed E-state index contributed by atoms with van der Waals surface area (Å²) in [6, 6.07) is 4.85. The highest BCUT2D eigenvalue weighted by molar-refractivity contribution is 5.96. The number of nitro groups is 1. The number of nitrogens with zero attached hydrogens (tertiary/aromatic N) is 2. The van der Waals surface area contributed by atoms with Gasteiger partial charge in [0.25, 0.3) is 11.6 Å². The lowest BCUT2D eigenvalue weighted by atomic mass is 9.98. The molecule has 1 aromatic carbocycles. The van der Waals surface area contributed by atoms with Gasteiger partial charge in [0.2, 0.25) is 0 Å². The zero-order valence-corrected chi connectivity index (χ0v) is 12.0. The van der Waals surface area contributed by atoms with E-state index in [1.54, 1.807) is 24.0 Å². The molecule has 1 amide bonds. The van der Waals surface area contributed by atoms with Crippen molar-refractivity contribution in [2.45, 2.75) is 25.8 Å². The van der Waals surface area contributed by atoms with E-state index in [4.69, 9.17) is 5.73 Å². The van der Waals surface area contributed by atoms with Crippen molar-refractivity contribution in [3.63, 3.8) is 0 Å². The topological polar surface area (TPSA) is 89.5 Å². The number of nitrogens with two attached hydrogens (primary N) is 1. The fraction of sp³-hybridized carbons (Fsp3) is 0.533. The lowest BCUT2D eigenvalue weighted by Crippen LogP contribution is -2.33. The monoisotopic (exact) mass is 289 g/mol. The fourth-order valence-corrected chi connectivity index (χ4v) is 3.70. The summed E-state index contributed by atoms with van der Waals surface area (Å²) in [6.45, 7) is 3.03. The first-order valence-corrected chi connectivity index (χ1v) is 7.28. The van der Waals surface area contributed by atoms with Crippen LogP contribution in [0.25, 0.3) is 0 Å². The molecule has 1 aromatic rings. The van der Waals surface area contributed by atoms with Crippen LogP contribution in [0, 0.1) is 28.9 Å². The third-order valence-corrected chi connectivity index (χ3v) is 4.93. The van der Waals surface area contributed by atoms with Crippen molar-refractivity contribution in [3.8, 4) is 0 Å². The highest BCUT2D eigenvalue weighted by Gasteiger charge is 2.42. The third kappa shape index (κ3) is 2.29. The van der Waals surface area contributed by atoms with Gasteiger partial charge in [-0.25, -0.2) is 0 Å². The Labute approximate surface area is 123 Å². The van der Waals surface area contributed by atoms with Gasteiger partial charge in [-0.3, -0.25) is 14.9 Å². The average molecular weight is 289 g/mol. The Balaban J connectivity index is 1.84. The predicted molar refractivity (Wildman–Crippen MR) is 77.9 cm³/mol. The van der Waals surface area contributed by atoms with Gasteiger partial charge in [0.05, 0.1) is 4.92 Å². The largest absolute Gasteiger partial charge is 0.338 e. The molecule has 3 rings (SSSR count). The summed E-state index contributed by atoms with van der Waals surface area (Å²) in [4.78, 5) is 25.0. The van der Waals surface area contributed by atoms with Crippen LogP contribution in [0.5, 0.6) is 0 Å². The Bertz CT molecular complexity index is 602. The Morgan fingerprint density at radius 1 is 1.38 bits per heavy atom. The molecule has 6 heteroatoms. The van der Waals surface area contributed by atoms with E-state index in [2.05, 4.69) is 0 Å². The van der Waals surface area contributed by atoms with Gasteiger partial charge in [0.1, 0.15) is 0 Å². The zero-order chi connectivity index (χ0) is 15.1. The number of likely N-dealkylation sites (tertiary alicyclic amines) is 1. The lowest BCUT2D eigenvalue weighted by Gasteiger charge is -2.19. The van der Waals surface area contributed by atoms with Gasteiger partial charge in [-0.2, -0.15) is 0 Å². The number of rotatable bonds is 2. The van der Waals surface area contributed by atoms with Gasteiger partial charge >= 0.3 is 0 Å². The van der Waals surface area contributed by atoms with Crippen molar-refractivity contribution < 1.29 is 9.72 Å². The number of hydrogen-bond acceptors (Lipinski definition) is 4. The second-order valence-electron chi connectivity index (χ2n) is 6.08. The van der Waals surface area contributed by atoms with Crippen LogP contribution in [0.2, 0.25) is 0 Å². The van der Waals surface area contributed by atoms with Gasteiger partial charge in [-0.1, -0.05) is 6.07 Å². The normalized spacial score (nSPS) is 27.7. The fourth-order valence-electron chi connectivity index (χ4n) is 3.70. The highest BCUT2D eigenvalue weighted by Crippen LogP contribution is 2.38. The van der Waals surface area contributed by atoms with Crippen molar-refractivity contribution in [2.24, 2.45) is 17.6 Å². The summed E-state index contributed by atoms with van der Waals surface area (Å²) in [7, 11) is 0. The van der Waals surface area contributed by atoms with Crippen LogP contribution in [0.4, 0.5) is 5.69 Å². The van der Waals surface area contributed by atoms with E-state index in [0.29, 0.717) is 29.5 Å². The number of nitro benzene ring substituents is 1. The standard InChI is InChI=1S/C15H19N3O3/c1-9-11(3-2-4-14(9)18(20)21)15(19)17-7-10-5-6-13(16)12(10)8-17/h2-4,10,12-13H,5-8,16H2,1H3. The second kappa shape index (κ2) is 5.11. The molecule has 6 nitrogen and oxygen atoms in total. The van der Waals surface area contributed by atoms with E-state index in [0.717, 1.165) is 19.4 Å². The number of hydrogen-bond donors (Lipinski definition) is 1. The summed E-state index contributed by atoms with van der Waals surface area (Å²) in [5, 5.41) is 11.0. The van der Waals surface area contributed by atoms with Gasteiger partial charge in [-0.15, -0.1) is 0 Å². The molecule has 21 heavy (non-hydrogen) atoms. The van der Waals surface area contributed by atoms with Crippen molar-refractivity contribution >= 4 is 11.6 Å².